The minimum absolute atomic E-state index is 0.0441. The number of carbonyl (C=O) groups excluding carboxylic acids is 1. The summed E-state index contributed by atoms with van der Waals surface area (Å²) < 4.78 is 5.46. The van der Waals surface area contributed by atoms with Crippen molar-refractivity contribution in [3.8, 4) is 0 Å². The van der Waals surface area contributed by atoms with Gasteiger partial charge in [-0.05, 0) is 55.2 Å². The zero-order chi connectivity index (χ0) is 19.4. The van der Waals surface area contributed by atoms with Crippen LogP contribution >= 0.6 is 0 Å². The Balaban J connectivity index is 1.32. The van der Waals surface area contributed by atoms with Gasteiger partial charge in [-0.2, -0.15) is 0 Å². The lowest BCUT2D eigenvalue weighted by atomic mass is 9.86. The van der Waals surface area contributed by atoms with Gasteiger partial charge in [0.25, 0.3) is 5.91 Å². The molecule has 2 aliphatic heterocycles. The van der Waals surface area contributed by atoms with Gasteiger partial charge in [0.05, 0.1) is 0 Å². The third-order valence-electron chi connectivity index (χ3n) is 6.48. The predicted octanol–water partition coefficient (Wildman–Crippen LogP) is 3.15. The summed E-state index contributed by atoms with van der Waals surface area (Å²) >= 11 is 0. The van der Waals surface area contributed by atoms with E-state index in [-0.39, 0.29) is 12.0 Å². The molecular formula is C22H32N4O2. The maximum absolute atomic E-state index is 12.3. The number of nitrogens with zero attached hydrogens (tertiary/aromatic N) is 2. The van der Waals surface area contributed by atoms with Gasteiger partial charge >= 0.3 is 0 Å². The van der Waals surface area contributed by atoms with Gasteiger partial charge in [-0.25, -0.2) is 0 Å². The number of rotatable bonds is 4. The maximum Gasteiger partial charge on any atom is 0.253 e. The lowest BCUT2D eigenvalue weighted by molar-refractivity contribution is -0.124. The molecule has 1 unspecified atom stereocenters. The van der Waals surface area contributed by atoms with Crippen LogP contribution in [0.1, 0.15) is 50.5 Å². The second kappa shape index (κ2) is 8.52. The monoisotopic (exact) mass is 384 g/mol. The number of nitrogens with one attached hydrogen (secondary N) is 2. The van der Waals surface area contributed by atoms with Crippen molar-refractivity contribution in [1.29, 1.82) is 0 Å². The third-order valence-corrected chi connectivity index (χ3v) is 6.48. The van der Waals surface area contributed by atoms with E-state index in [4.69, 9.17) is 4.74 Å². The molecular weight excluding hydrogens is 352 g/mol. The van der Waals surface area contributed by atoms with Gasteiger partial charge in [0, 0.05) is 39.0 Å². The number of carbonyl (C=O) groups is 1. The molecule has 0 bridgehead atoms. The standard InChI is InChI=1S/C22H32N4O2/c1-23-21(26-12-11-22(16-26)9-2-3-10-22)24-15-17-6-4-7-18(14-17)25-20(27)19-8-5-13-28-19/h4,6-7,14,19H,2-3,5,8-13,15-16H2,1H3,(H,23,24)(H,25,27). The Hall–Kier alpha value is -2.08. The van der Waals surface area contributed by atoms with Gasteiger partial charge in [-0.3, -0.25) is 9.79 Å². The zero-order valence-corrected chi connectivity index (χ0v) is 16.9. The highest BCUT2D eigenvalue weighted by Gasteiger charge is 2.41. The van der Waals surface area contributed by atoms with Gasteiger partial charge in [0.1, 0.15) is 6.10 Å². The summed E-state index contributed by atoms with van der Waals surface area (Å²) in [6, 6.07) is 8.00. The summed E-state index contributed by atoms with van der Waals surface area (Å²) in [5.41, 5.74) is 2.48. The first-order chi connectivity index (χ1) is 13.7. The van der Waals surface area contributed by atoms with Crippen LogP contribution in [0.4, 0.5) is 5.69 Å². The highest BCUT2D eigenvalue weighted by Crippen LogP contribution is 2.45. The summed E-state index contributed by atoms with van der Waals surface area (Å²) in [6.45, 7) is 3.60. The zero-order valence-electron chi connectivity index (χ0n) is 16.9. The molecule has 0 radical (unpaired) electrons. The molecule has 2 N–H and O–H groups in total. The molecule has 1 amide bonds. The fourth-order valence-electron chi connectivity index (χ4n) is 4.93. The van der Waals surface area contributed by atoms with Crippen LogP contribution in [0.3, 0.4) is 0 Å². The van der Waals surface area contributed by atoms with E-state index >= 15 is 0 Å². The Morgan fingerprint density at radius 2 is 2.14 bits per heavy atom. The number of amides is 1. The van der Waals surface area contributed by atoms with E-state index in [2.05, 4.69) is 26.6 Å². The fourth-order valence-corrected chi connectivity index (χ4v) is 4.93. The number of likely N-dealkylation sites (tertiary alicyclic amines) is 1. The molecule has 0 aromatic heterocycles. The fraction of sp³-hybridized carbons (Fsp3) is 0.636. The number of aliphatic imine (C=N–C) groups is 1. The summed E-state index contributed by atoms with van der Waals surface area (Å²) in [6.07, 6.45) is 8.24. The van der Waals surface area contributed by atoms with Crippen LogP contribution in [0, 0.1) is 5.41 Å². The van der Waals surface area contributed by atoms with Crippen molar-refractivity contribution in [1.82, 2.24) is 10.2 Å². The lowest BCUT2D eigenvalue weighted by Crippen LogP contribution is -2.40. The van der Waals surface area contributed by atoms with Crippen molar-refractivity contribution in [2.24, 2.45) is 10.4 Å². The van der Waals surface area contributed by atoms with Crippen LogP contribution in [0.25, 0.3) is 0 Å². The first kappa shape index (κ1) is 19.2. The van der Waals surface area contributed by atoms with Crippen molar-refractivity contribution >= 4 is 17.6 Å². The van der Waals surface area contributed by atoms with Crippen LogP contribution in [0.2, 0.25) is 0 Å². The van der Waals surface area contributed by atoms with Crippen LogP contribution in [0.5, 0.6) is 0 Å². The second-order valence-corrected chi connectivity index (χ2v) is 8.47. The van der Waals surface area contributed by atoms with Gasteiger partial charge in [0.15, 0.2) is 5.96 Å². The first-order valence-electron chi connectivity index (χ1n) is 10.6. The molecule has 1 spiro atoms. The molecule has 1 saturated carbocycles. The molecule has 4 rings (SSSR count). The molecule has 6 heteroatoms. The second-order valence-electron chi connectivity index (χ2n) is 8.47. The van der Waals surface area contributed by atoms with Crippen LogP contribution < -0.4 is 10.6 Å². The molecule has 2 saturated heterocycles. The molecule has 1 aromatic rings. The molecule has 1 aliphatic carbocycles. The lowest BCUT2D eigenvalue weighted by Gasteiger charge is -2.26. The van der Waals surface area contributed by atoms with E-state index in [1.165, 1.54) is 32.1 Å². The van der Waals surface area contributed by atoms with Crippen LogP contribution in [-0.4, -0.2) is 49.6 Å². The van der Waals surface area contributed by atoms with Gasteiger partial charge in [-0.15, -0.1) is 0 Å². The van der Waals surface area contributed by atoms with Gasteiger partial charge in [0.2, 0.25) is 0 Å². The van der Waals surface area contributed by atoms with Crippen molar-refractivity contribution < 1.29 is 9.53 Å². The Kier molecular flexibility index (Phi) is 5.85. The van der Waals surface area contributed by atoms with Crippen molar-refractivity contribution in [2.75, 3.05) is 32.1 Å². The van der Waals surface area contributed by atoms with E-state index in [9.17, 15) is 4.79 Å². The minimum atomic E-state index is -0.307. The highest BCUT2D eigenvalue weighted by molar-refractivity contribution is 5.94. The normalized spacial score (nSPS) is 24.1. The number of benzene rings is 1. The first-order valence-corrected chi connectivity index (χ1v) is 10.6. The molecule has 152 valence electrons. The number of guanidine groups is 1. The maximum atomic E-state index is 12.3. The van der Waals surface area contributed by atoms with Crippen LogP contribution in [0.15, 0.2) is 29.3 Å². The van der Waals surface area contributed by atoms with E-state index < -0.39 is 0 Å². The van der Waals surface area contributed by atoms with E-state index in [1.807, 2.05) is 25.2 Å². The Morgan fingerprint density at radius 3 is 2.89 bits per heavy atom. The number of hydrogen-bond acceptors (Lipinski definition) is 3. The highest BCUT2D eigenvalue weighted by atomic mass is 16.5. The summed E-state index contributed by atoms with van der Waals surface area (Å²) in [5, 5.41) is 6.49. The molecule has 2 heterocycles. The largest absolute Gasteiger partial charge is 0.368 e. The van der Waals surface area contributed by atoms with Crippen molar-refractivity contribution in [2.45, 2.75) is 57.6 Å². The minimum Gasteiger partial charge on any atom is -0.368 e. The average Bonchev–Trinajstić information content (AvgIpc) is 3.46. The molecule has 6 nitrogen and oxygen atoms in total. The van der Waals surface area contributed by atoms with E-state index in [0.717, 1.165) is 43.1 Å². The summed E-state index contributed by atoms with van der Waals surface area (Å²) in [4.78, 5) is 19.2. The topological polar surface area (TPSA) is 66.0 Å². The third kappa shape index (κ3) is 4.32. The number of anilines is 1. The number of ether oxygens (including phenoxy) is 1. The smallest absolute Gasteiger partial charge is 0.253 e. The Bertz CT molecular complexity index is 721. The van der Waals surface area contributed by atoms with Gasteiger partial charge < -0.3 is 20.3 Å². The molecule has 1 aromatic carbocycles. The predicted molar refractivity (Wildman–Crippen MR) is 111 cm³/mol. The Morgan fingerprint density at radius 1 is 1.29 bits per heavy atom. The van der Waals surface area contributed by atoms with E-state index in [0.29, 0.717) is 18.6 Å². The van der Waals surface area contributed by atoms with E-state index in [1.54, 1.807) is 0 Å². The van der Waals surface area contributed by atoms with Crippen molar-refractivity contribution in [3.63, 3.8) is 0 Å². The molecule has 1 atom stereocenters. The number of hydrogen-bond donors (Lipinski definition) is 2. The van der Waals surface area contributed by atoms with Crippen LogP contribution in [-0.2, 0) is 16.1 Å². The molecule has 28 heavy (non-hydrogen) atoms. The quantitative estimate of drug-likeness (QED) is 0.618. The molecule has 3 fully saturated rings. The van der Waals surface area contributed by atoms with Gasteiger partial charge in [-0.1, -0.05) is 25.0 Å². The Labute approximate surface area is 167 Å². The summed E-state index contributed by atoms with van der Waals surface area (Å²) in [7, 11) is 1.86. The van der Waals surface area contributed by atoms with Crippen molar-refractivity contribution in [3.05, 3.63) is 29.8 Å². The average molecular weight is 385 g/mol. The summed E-state index contributed by atoms with van der Waals surface area (Å²) in [5.74, 6) is 0.940. The molecule has 3 aliphatic rings. The SMILES string of the molecule is CN=C(NCc1cccc(NC(=O)C2CCCO2)c1)N1CCC2(CCCC2)C1.